The molecular formula is C8H7ClN4S2. The fraction of sp³-hybridized carbons (Fsp3) is 0.250. The maximum absolute atomic E-state index is 5.87. The van der Waals surface area contributed by atoms with E-state index in [1.54, 1.807) is 6.07 Å². The van der Waals surface area contributed by atoms with Gasteiger partial charge in [0.05, 0.1) is 0 Å². The van der Waals surface area contributed by atoms with Gasteiger partial charge in [0.2, 0.25) is 0 Å². The van der Waals surface area contributed by atoms with E-state index in [0.717, 1.165) is 21.6 Å². The Balaban J connectivity index is 2.24. The molecule has 0 N–H and O–H groups in total. The van der Waals surface area contributed by atoms with Gasteiger partial charge in [-0.2, -0.15) is 4.37 Å². The van der Waals surface area contributed by atoms with Crippen molar-refractivity contribution in [2.45, 2.75) is 22.7 Å². The Hall–Kier alpha value is -0.720. The second kappa shape index (κ2) is 4.87. The van der Waals surface area contributed by atoms with Crippen LogP contribution in [0, 0.1) is 0 Å². The summed E-state index contributed by atoms with van der Waals surface area (Å²) in [4.78, 5) is 12.5. The molecule has 7 heteroatoms. The zero-order valence-corrected chi connectivity index (χ0v) is 10.2. The molecule has 0 fully saturated rings. The van der Waals surface area contributed by atoms with E-state index in [0.29, 0.717) is 5.15 Å². The zero-order valence-electron chi connectivity index (χ0n) is 7.85. The van der Waals surface area contributed by atoms with Gasteiger partial charge in [-0.05, 0) is 23.3 Å². The van der Waals surface area contributed by atoms with Crippen molar-refractivity contribution < 1.29 is 0 Å². The van der Waals surface area contributed by atoms with E-state index in [-0.39, 0.29) is 0 Å². The van der Waals surface area contributed by atoms with Gasteiger partial charge in [0.25, 0.3) is 0 Å². The van der Waals surface area contributed by atoms with E-state index < -0.39 is 0 Å². The Bertz CT molecular complexity index is 446. The van der Waals surface area contributed by atoms with Crippen molar-refractivity contribution in [2.24, 2.45) is 0 Å². The molecule has 0 radical (unpaired) electrons. The molecule has 2 rings (SSSR count). The highest BCUT2D eigenvalue weighted by Gasteiger charge is 2.05. The first-order chi connectivity index (χ1) is 7.28. The minimum Gasteiger partial charge on any atom is -0.226 e. The Morgan fingerprint density at radius 2 is 2.33 bits per heavy atom. The van der Waals surface area contributed by atoms with Gasteiger partial charge in [-0.25, -0.2) is 15.0 Å². The number of hydrogen-bond donors (Lipinski definition) is 0. The third-order valence-electron chi connectivity index (χ3n) is 1.57. The van der Waals surface area contributed by atoms with Gasteiger partial charge in [-0.3, -0.25) is 0 Å². The average Bonchev–Trinajstić information content (AvgIpc) is 2.69. The van der Waals surface area contributed by atoms with Crippen LogP contribution in [0.25, 0.3) is 0 Å². The average molecular weight is 259 g/mol. The third-order valence-corrected chi connectivity index (χ3v) is 3.39. The van der Waals surface area contributed by atoms with E-state index in [4.69, 9.17) is 11.6 Å². The summed E-state index contributed by atoms with van der Waals surface area (Å²) in [5.74, 6) is 0.745. The molecule has 15 heavy (non-hydrogen) atoms. The Labute approximate surface area is 100 Å². The van der Waals surface area contributed by atoms with Crippen LogP contribution in [0.2, 0.25) is 5.15 Å². The topological polar surface area (TPSA) is 51.6 Å². The molecule has 0 saturated carbocycles. The van der Waals surface area contributed by atoms with Gasteiger partial charge >= 0.3 is 0 Å². The first kappa shape index (κ1) is 10.8. The number of hydrogen-bond acceptors (Lipinski definition) is 6. The van der Waals surface area contributed by atoms with E-state index in [9.17, 15) is 0 Å². The molecule has 0 atom stereocenters. The van der Waals surface area contributed by atoms with Gasteiger partial charge in [0.15, 0.2) is 4.34 Å². The molecule has 78 valence electrons. The monoisotopic (exact) mass is 258 g/mol. The maximum Gasteiger partial charge on any atom is 0.175 e. The third kappa shape index (κ3) is 2.87. The fourth-order valence-corrected chi connectivity index (χ4v) is 2.63. The van der Waals surface area contributed by atoms with Crippen LogP contribution >= 0.6 is 34.9 Å². The second-order valence-corrected chi connectivity index (χ2v) is 5.04. The molecule has 0 aliphatic heterocycles. The lowest BCUT2D eigenvalue weighted by Crippen LogP contribution is -1.94. The van der Waals surface area contributed by atoms with Crippen LogP contribution in [-0.4, -0.2) is 19.3 Å². The number of rotatable bonds is 3. The minimum atomic E-state index is 0.467. The minimum absolute atomic E-state index is 0.467. The van der Waals surface area contributed by atoms with Crippen molar-refractivity contribution >= 4 is 34.9 Å². The molecule has 4 nitrogen and oxygen atoms in total. The quantitative estimate of drug-likeness (QED) is 0.793. The van der Waals surface area contributed by atoms with Crippen LogP contribution in [0.5, 0.6) is 0 Å². The van der Waals surface area contributed by atoms with Gasteiger partial charge < -0.3 is 0 Å². The summed E-state index contributed by atoms with van der Waals surface area (Å²) in [5.41, 5.74) is 0. The van der Waals surface area contributed by atoms with Crippen LogP contribution in [0.3, 0.4) is 0 Å². The van der Waals surface area contributed by atoms with Crippen molar-refractivity contribution in [3.05, 3.63) is 23.4 Å². The summed E-state index contributed by atoms with van der Waals surface area (Å²) in [7, 11) is 0. The van der Waals surface area contributed by atoms with Crippen molar-refractivity contribution in [3.8, 4) is 0 Å². The summed E-state index contributed by atoms with van der Waals surface area (Å²) in [5, 5.41) is 1.28. The molecule has 0 aliphatic rings. The first-order valence-corrected chi connectivity index (χ1v) is 6.22. The lowest BCUT2D eigenvalue weighted by Gasteiger charge is -2.00. The van der Waals surface area contributed by atoms with Crippen LogP contribution in [-0.2, 0) is 6.42 Å². The summed E-state index contributed by atoms with van der Waals surface area (Å²) in [6, 6.07) is 1.73. The van der Waals surface area contributed by atoms with E-state index >= 15 is 0 Å². The van der Waals surface area contributed by atoms with Crippen molar-refractivity contribution in [2.75, 3.05) is 0 Å². The molecule has 0 bridgehead atoms. The Morgan fingerprint density at radius 3 is 3.00 bits per heavy atom. The Kier molecular flexibility index (Phi) is 3.50. The summed E-state index contributed by atoms with van der Waals surface area (Å²) < 4.78 is 4.77. The fourth-order valence-electron chi connectivity index (χ4n) is 0.950. The van der Waals surface area contributed by atoms with Crippen molar-refractivity contribution in [1.82, 2.24) is 19.3 Å². The molecule has 2 heterocycles. The van der Waals surface area contributed by atoms with Gasteiger partial charge in [-0.1, -0.05) is 18.5 Å². The van der Waals surface area contributed by atoms with Crippen LogP contribution in [0.4, 0.5) is 0 Å². The van der Waals surface area contributed by atoms with Crippen molar-refractivity contribution in [3.63, 3.8) is 0 Å². The summed E-state index contributed by atoms with van der Waals surface area (Å²) in [6.07, 6.45) is 2.29. The molecule has 0 aromatic carbocycles. The van der Waals surface area contributed by atoms with Crippen molar-refractivity contribution in [1.29, 1.82) is 0 Å². The lowest BCUT2D eigenvalue weighted by atomic mass is 10.4. The highest BCUT2D eigenvalue weighted by atomic mass is 35.5. The largest absolute Gasteiger partial charge is 0.226 e. The van der Waals surface area contributed by atoms with Gasteiger partial charge in [-0.15, -0.1) is 0 Å². The number of aryl methyl sites for hydroxylation is 1. The molecule has 0 amide bonds. The summed E-state index contributed by atoms with van der Waals surface area (Å²) >= 11 is 8.65. The standard InChI is InChI=1S/C8H7ClN4S2/c1-2-6-12-5(9)3-7(13-6)14-8-10-4-11-15-8/h3-4H,2H2,1H3. The van der Waals surface area contributed by atoms with E-state index in [1.807, 2.05) is 6.92 Å². The number of halogens is 1. The zero-order chi connectivity index (χ0) is 10.7. The predicted octanol–water partition coefficient (Wildman–Crippen LogP) is 2.70. The Morgan fingerprint density at radius 1 is 1.47 bits per heavy atom. The molecular weight excluding hydrogens is 252 g/mol. The smallest absolute Gasteiger partial charge is 0.175 e. The normalized spacial score (nSPS) is 10.5. The lowest BCUT2D eigenvalue weighted by molar-refractivity contribution is 0.888. The molecule has 0 saturated heterocycles. The van der Waals surface area contributed by atoms with Crippen LogP contribution in [0.1, 0.15) is 12.7 Å². The van der Waals surface area contributed by atoms with E-state index in [1.165, 1.54) is 29.6 Å². The van der Waals surface area contributed by atoms with Crippen LogP contribution in [0.15, 0.2) is 21.8 Å². The van der Waals surface area contributed by atoms with E-state index in [2.05, 4.69) is 19.3 Å². The molecule has 0 unspecified atom stereocenters. The highest BCUT2D eigenvalue weighted by molar-refractivity contribution is 8.00. The second-order valence-electron chi connectivity index (χ2n) is 2.61. The molecule has 0 spiro atoms. The van der Waals surface area contributed by atoms with Crippen LogP contribution < -0.4 is 0 Å². The number of aromatic nitrogens is 4. The molecule has 2 aromatic heterocycles. The predicted molar refractivity (Wildman–Crippen MR) is 60.5 cm³/mol. The first-order valence-electron chi connectivity index (χ1n) is 4.26. The molecule has 0 aliphatic carbocycles. The molecule has 2 aromatic rings. The maximum atomic E-state index is 5.87. The number of nitrogens with zero attached hydrogens (tertiary/aromatic N) is 4. The SMILES string of the molecule is CCc1nc(Cl)cc(Sc2ncns2)n1. The summed E-state index contributed by atoms with van der Waals surface area (Å²) in [6.45, 7) is 1.99. The van der Waals surface area contributed by atoms with Gasteiger partial charge in [0, 0.05) is 12.5 Å². The highest BCUT2D eigenvalue weighted by Crippen LogP contribution is 2.27. The van der Waals surface area contributed by atoms with Gasteiger partial charge in [0.1, 0.15) is 22.3 Å².